The van der Waals surface area contributed by atoms with Crippen molar-refractivity contribution >= 4 is 5.91 Å². The van der Waals surface area contributed by atoms with Crippen LogP contribution in [0.25, 0.3) is 0 Å². The van der Waals surface area contributed by atoms with Crippen molar-refractivity contribution in [3.8, 4) is 0 Å². The lowest BCUT2D eigenvalue weighted by molar-refractivity contribution is -0.138. The van der Waals surface area contributed by atoms with Crippen LogP contribution in [-0.4, -0.2) is 33.4 Å². The average molecular weight is 421 g/mol. The number of nitrogens with zero attached hydrogens (tertiary/aromatic N) is 3. The zero-order valence-corrected chi connectivity index (χ0v) is 17.4. The maximum absolute atomic E-state index is 13.2. The van der Waals surface area contributed by atoms with Crippen LogP contribution in [0.1, 0.15) is 55.2 Å². The smallest absolute Gasteiger partial charge is 0.339 e. The summed E-state index contributed by atoms with van der Waals surface area (Å²) in [4.78, 5) is 30.9. The maximum Gasteiger partial charge on any atom is 0.417 e. The van der Waals surface area contributed by atoms with E-state index in [2.05, 4.69) is 4.98 Å². The molecule has 5 nitrogen and oxygen atoms in total. The summed E-state index contributed by atoms with van der Waals surface area (Å²) in [6, 6.07) is 6.42. The second kappa shape index (κ2) is 8.24. The van der Waals surface area contributed by atoms with Crippen LogP contribution in [0.4, 0.5) is 13.2 Å². The van der Waals surface area contributed by atoms with Crippen molar-refractivity contribution in [3.05, 3.63) is 63.8 Å². The Kier molecular flexibility index (Phi) is 6.06. The SMILES string of the molecule is CC(C)(C)c1cc(=O)n(CC2CCN(C(=O)c3ccccc3C(F)(F)F)CC2)cn1. The van der Waals surface area contributed by atoms with Gasteiger partial charge in [-0.3, -0.25) is 14.2 Å². The van der Waals surface area contributed by atoms with E-state index >= 15 is 0 Å². The number of hydrogen-bond donors (Lipinski definition) is 0. The molecule has 0 aliphatic carbocycles. The lowest BCUT2D eigenvalue weighted by Crippen LogP contribution is -2.40. The van der Waals surface area contributed by atoms with Gasteiger partial charge in [0.2, 0.25) is 0 Å². The van der Waals surface area contributed by atoms with Gasteiger partial charge in [-0.25, -0.2) is 4.98 Å². The topological polar surface area (TPSA) is 55.2 Å². The van der Waals surface area contributed by atoms with Crippen LogP contribution in [0.5, 0.6) is 0 Å². The Morgan fingerprint density at radius 2 is 1.77 bits per heavy atom. The molecule has 1 amide bonds. The molecule has 0 spiro atoms. The molecule has 0 saturated carbocycles. The van der Waals surface area contributed by atoms with Crippen molar-refractivity contribution in [2.24, 2.45) is 5.92 Å². The Morgan fingerprint density at radius 3 is 2.33 bits per heavy atom. The predicted molar refractivity (Wildman–Crippen MR) is 107 cm³/mol. The highest BCUT2D eigenvalue weighted by molar-refractivity contribution is 5.96. The molecule has 1 aliphatic heterocycles. The minimum Gasteiger partial charge on any atom is -0.339 e. The summed E-state index contributed by atoms with van der Waals surface area (Å²) < 4.78 is 41.2. The van der Waals surface area contributed by atoms with E-state index in [0.717, 1.165) is 11.8 Å². The lowest BCUT2D eigenvalue weighted by atomic mass is 9.92. The van der Waals surface area contributed by atoms with Crippen molar-refractivity contribution in [3.63, 3.8) is 0 Å². The monoisotopic (exact) mass is 421 g/mol. The Hall–Kier alpha value is -2.64. The molecule has 162 valence electrons. The molecule has 3 rings (SSSR count). The van der Waals surface area contributed by atoms with Crippen LogP contribution in [0, 0.1) is 5.92 Å². The first-order valence-electron chi connectivity index (χ1n) is 9.99. The molecule has 0 radical (unpaired) electrons. The highest BCUT2D eigenvalue weighted by Gasteiger charge is 2.36. The fraction of sp³-hybridized carbons (Fsp3) is 0.500. The first-order chi connectivity index (χ1) is 14.0. The Balaban J connectivity index is 1.65. The molecular formula is C22H26F3N3O2. The van der Waals surface area contributed by atoms with Crippen molar-refractivity contribution in [2.45, 2.75) is 51.7 Å². The number of halogens is 3. The van der Waals surface area contributed by atoms with Crippen molar-refractivity contribution < 1.29 is 18.0 Å². The number of aromatic nitrogens is 2. The number of benzene rings is 1. The van der Waals surface area contributed by atoms with E-state index in [4.69, 9.17) is 0 Å². The van der Waals surface area contributed by atoms with E-state index in [9.17, 15) is 22.8 Å². The van der Waals surface area contributed by atoms with Gasteiger partial charge in [-0.1, -0.05) is 32.9 Å². The van der Waals surface area contributed by atoms with Crippen molar-refractivity contribution in [1.82, 2.24) is 14.5 Å². The molecule has 0 unspecified atom stereocenters. The zero-order chi connectivity index (χ0) is 22.1. The summed E-state index contributed by atoms with van der Waals surface area (Å²) in [5.41, 5.74) is -0.827. The van der Waals surface area contributed by atoms with Crippen LogP contribution in [0.3, 0.4) is 0 Å². The maximum atomic E-state index is 13.2. The second-order valence-electron chi connectivity index (χ2n) is 8.79. The molecule has 30 heavy (non-hydrogen) atoms. The highest BCUT2D eigenvalue weighted by Crippen LogP contribution is 2.33. The Labute approximate surface area is 173 Å². The molecule has 1 saturated heterocycles. The first-order valence-corrected chi connectivity index (χ1v) is 9.99. The first kappa shape index (κ1) is 22.1. The fourth-order valence-electron chi connectivity index (χ4n) is 3.66. The number of alkyl halides is 3. The summed E-state index contributed by atoms with van der Waals surface area (Å²) in [5.74, 6) is -0.443. The third-order valence-corrected chi connectivity index (χ3v) is 5.47. The lowest BCUT2D eigenvalue weighted by Gasteiger charge is -2.32. The van der Waals surface area contributed by atoms with Gasteiger partial charge in [0.25, 0.3) is 11.5 Å². The number of carbonyl (C=O) groups is 1. The van der Waals surface area contributed by atoms with Gasteiger partial charge in [0, 0.05) is 31.1 Å². The van der Waals surface area contributed by atoms with Gasteiger partial charge >= 0.3 is 6.18 Å². The summed E-state index contributed by atoms with van der Waals surface area (Å²) in [7, 11) is 0. The van der Waals surface area contributed by atoms with Gasteiger partial charge in [0.05, 0.1) is 23.1 Å². The van der Waals surface area contributed by atoms with Gasteiger partial charge < -0.3 is 4.90 Å². The van der Waals surface area contributed by atoms with Gasteiger partial charge in [-0.2, -0.15) is 13.2 Å². The van der Waals surface area contributed by atoms with Crippen LogP contribution in [-0.2, 0) is 18.1 Å². The summed E-state index contributed by atoms with van der Waals surface area (Å²) in [5, 5.41) is 0. The van der Waals surface area contributed by atoms with E-state index < -0.39 is 17.6 Å². The summed E-state index contributed by atoms with van der Waals surface area (Å²) >= 11 is 0. The number of likely N-dealkylation sites (tertiary alicyclic amines) is 1. The molecule has 0 N–H and O–H groups in total. The zero-order valence-electron chi connectivity index (χ0n) is 17.4. The molecule has 1 fully saturated rings. The number of rotatable bonds is 3. The minimum absolute atomic E-state index is 0.118. The number of hydrogen-bond acceptors (Lipinski definition) is 3. The van der Waals surface area contributed by atoms with Gasteiger partial charge in [-0.15, -0.1) is 0 Å². The number of amides is 1. The summed E-state index contributed by atoms with van der Waals surface area (Å²) in [6.45, 7) is 7.17. The van der Waals surface area contributed by atoms with E-state index in [1.165, 1.54) is 23.1 Å². The third-order valence-electron chi connectivity index (χ3n) is 5.47. The van der Waals surface area contributed by atoms with E-state index in [1.54, 1.807) is 17.0 Å². The molecule has 2 heterocycles. The molecule has 8 heteroatoms. The standard InChI is InChI=1S/C22H26F3N3O2/c1-21(2,3)18-12-19(29)28(14-26-18)13-15-8-10-27(11-9-15)20(30)16-6-4-5-7-17(16)22(23,24)25/h4-7,12,14-15H,8-11,13H2,1-3H3. The predicted octanol–water partition coefficient (Wildman–Crippen LogP) is 4.11. The largest absolute Gasteiger partial charge is 0.417 e. The van der Waals surface area contributed by atoms with Crippen LogP contribution >= 0.6 is 0 Å². The quantitative estimate of drug-likeness (QED) is 0.750. The average Bonchev–Trinajstić information content (AvgIpc) is 2.68. The van der Waals surface area contributed by atoms with Gasteiger partial charge in [0.15, 0.2) is 0 Å². The van der Waals surface area contributed by atoms with E-state index in [0.29, 0.717) is 32.5 Å². The number of carbonyl (C=O) groups excluding carboxylic acids is 1. The van der Waals surface area contributed by atoms with Crippen molar-refractivity contribution in [1.29, 1.82) is 0 Å². The fourth-order valence-corrected chi connectivity index (χ4v) is 3.66. The molecule has 0 atom stereocenters. The highest BCUT2D eigenvalue weighted by atomic mass is 19.4. The molecule has 1 aliphatic rings. The molecule has 2 aromatic rings. The van der Waals surface area contributed by atoms with Crippen LogP contribution in [0.15, 0.2) is 41.5 Å². The van der Waals surface area contributed by atoms with Crippen LogP contribution < -0.4 is 5.56 Å². The van der Waals surface area contributed by atoms with Gasteiger partial charge in [-0.05, 0) is 30.9 Å². The summed E-state index contributed by atoms with van der Waals surface area (Å²) in [6.07, 6.45) is -1.78. The molecular weight excluding hydrogens is 395 g/mol. The molecule has 0 bridgehead atoms. The van der Waals surface area contributed by atoms with E-state index in [1.807, 2.05) is 20.8 Å². The van der Waals surface area contributed by atoms with Crippen LogP contribution in [0.2, 0.25) is 0 Å². The Bertz CT molecular complexity index is 969. The normalized spacial score (nSPS) is 16.0. The van der Waals surface area contributed by atoms with Gasteiger partial charge in [0.1, 0.15) is 0 Å². The Morgan fingerprint density at radius 1 is 1.13 bits per heavy atom. The molecule has 1 aromatic carbocycles. The minimum atomic E-state index is -4.57. The molecule has 1 aromatic heterocycles. The third kappa shape index (κ3) is 4.91. The van der Waals surface area contributed by atoms with Crippen molar-refractivity contribution in [2.75, 3.05) is 13.1 Å². The van der Waals surface area contributed by atoms with E-state index in [-0.39, 0.29) is 22.5 Å². The second-order valence-corrected chi connectivity index (χ2v) is 8.79. The number of piperidine rings is 1.